The van der Waals surface area contributed by atoms with Gasteiger partial charge in [0.05, 0.1) is 41.9 Å². The van der Waals surface area contributed by atoms with E-state index in [2.05, 4.69) is 20.3 Å². The summed E-state index contributed by atoms with van der Waals surface area (Å²) in [5.41, 5.74) is 9.64. The lowest BCUT2D eigenvalue weighted by atomic mass is 10.1. The Morgan fingerprint density at radius 3 is 2.45 bits per heavy atom. The number of halogens is 1. The highest BCUT2D eigenvalue weighted by Crippen LogP contribution is 2.36. The molecule has 1 amide bonds. The zero-order valence-electron chi connectivity index (χ0n) is 21.5. The molecule has 218 valence electrons. The summed E-state index contributed by atoms with van der Waals surface area (Å²) < 4.78 is 62.5. The number of thioether (sulfide) groups is 1. The first kappa shape index (κ1) is 31.5. The van der Waals surface area contributed by atoms with Crippen molar-refractivity contribution in [3.05, 3.63) is 33.7 Å². The fourth-order valence-corrected chi connectivity index (χ4v) is 6.52. The molecule has 40 heavy (non-hydrogen) atoms. The second kappa shape index (κ2) is 12.6. The van der Waals surface area contributed by atoms with Gasteiger partial charge in [-0.3, -0.25) is 18.9 Å². The maximum Gasteiger partial charge on any atom is 0.265 e. The van der Waals surface area contributed by atoms with Gasteiger partial charge in [-0.1, -0.05) is 11.6 Å². The molecule has 0 aromatic carbocycles. The van der Waals surface area contributed by atoms with E-state index < -0.39 is 31.7 Å². The van der Waals surface area contributed by atoms with Gasteiger partial charge in [0, 0.05) is 31.0 Å². The van der Waals surface area contributed by atoms with E-state index in [1.165, 1.54) is 11.8 Å². The van der Waals surface area contributed by atoms with Gasteiger partial charge >= 0.3 is 0 Å². The molecule has 0 saturated heterocycles. The van der Waals surface area contributed by atoms with Crippen LogP contribution in [0.4, 0.5) is 5.95 Å². The SMILES string of the molecule is CNC(=O)CC1=Cc2nn(Cc3ncc(C)c(OC)c3Cl)c3nc(N)nc(c23)SC1.O=S(=O)(O)CCS(=O)(=O)O. The minimum Gasteiger partial charge on any atom is -0.495 e. The number of pyridine rings is 1. The summed E-state index contributed by atoms with van der Waals surface area (Å²) in [6.07, 6.45) is 3.92. The summed E-state index contributed by atoms with van der Waals surface area (Å²) in [5.74, 6) is -0.655. The Bertz CT molecular complexity index is 1660. The van der Waals surface area contributed by atoms with Crippen molar-refractivity contribution in [3.8, 4) is 5.75 Å². The molecule has 0 saturated carbocycles. The van der Waals surface area contributed by atoms with Crippen LogP contribution >= 0.6 is 23.4 Å². The quantitative estimate of drug-likeness (QED) is 0.201. The predicted molar refractivity (Wildman–Crippen MR) is 150 cm³/mol. The van der Waals surface area contributed by atoms with Crippen molar-refractivity contribution in [3.63, 3.8) is 0 Å². The number of hydrogen-bond donors (Lipinski definition) is 4. The largest absolute Gasteiger partial charge is 0.495 e. The van der Waals surface area contributed by atoms with Gasteiger partial charge in [0.1, 0.15) is 15.8 Å². The Kier molecular flexibility index (Phi) is 9.96. The van der Waals surface area contributed by atoms with Crippen molar-refractivity contribution in [1.29, 1.82) is 0 Å². The number of carbonyl (C=O) groups excluding carboxylic acids is 1. The Hall–Kier alpha value is -3.03. The molecule has 1 aliphatic heterocycles. The van der Waals surface area contributed by atoms with Crippen LogP contribution in [0.25, 0.3) is 17.1 Å². The predicted octanol–water partition coefficient (Wildman–Crippen LogP) is 1.21. The van der Waals surface area contributed by atoms with Crippen LogP contribution in [0.1, 0.15) is 23.4 Å². The summed E-state index contributed by atoms with van der Waals surface area (Å²) in [6.45, 7) is 2.16. The number of rotatable bonds is 8. The van der Waals surface area contributed by atoms with E-state index in [9.17, 15) is 21.6 Å². The second-order valence-electron chi connectivity index (χ2n) is 8.38. The van der Waals surface area contributed by atoms with Crippen molar-refractivity contribution in [2.45, 2.75) is 24.9 Å². The van der Waals surface area contributed by atoms with Crippen molar-refractivity contribution < 1.29 is 35.5 Å². The van der Waals surface area contributed by atoms with Gasteiger partial charge in [0.15, 0.2) is 5.65 Å². The number of nitrogens with two attached hydrogens (primary N) is 1. The van der Waals surface area contributed by atoms with Gasteiger partial charge in [0.2, 0.25) is 11.9 Å². The highest BCUT2D eigenvalue weighted by Gasteiger charge is 2.23. The van der Waals surface area contributed by atoms with Crippen molar-refractivity contribution in [1.82, 2.24) is 30.0 Å². The van der Waals surface area contributed by atoms with E-state index in [-0.39, 0.29) is 24.8 Å². The van der Waals surface area contributed by atoms with Crippen LogP contribution in [-0.4, -0.2) is 88.0 Å². The summed E-state index contributed by atoms with van der Waals surface area (Å²) in [6, 6.07) is 0. The van der Waals surface area contributed by atoms with E-state index in [4.69, 9.17) is 36.3 Å². The number of ether oxygens (including phenoxy) is 1. The van der Waals surface area contributed by atoms with Crippen molar-refractivity contribution >= 4 is 72.6 Å². The molecule has 3 aromatic heterocycles. The molecule has 0 radical (unpaired) electrons. The lowest BCUT2D eigenvalue weighted by molar-refractivity contribution is -0.119. The molecule has 0 bridgehead atoms. The third-order valence-corrected chi connectivity index (χ3v) is 8.50. The molecule has 4 heterocycles. The highest BCUT2D eigenvalue weighted by atomic mass is 35.5. The molecule has 0 unspecified atom stereocenters. The standard InChI is InChI=1S/C19H20ClN7O2S.C2H6O6S2/c1-9-6-23-12(15(20)16(9)29-3)7-27-17-14-11(26-27)4-10(5-13(28)22-2)8-30-18(14)25-19(21)24-17;3-9(4,5)1-2-10(6,7)8/h4,6H,5,7-8H2,1-3H3,(H,22,28)(H2,21,24,25);1-2H2,(H,3,4,5)(H,6,7,8). The van der Waals surface area contributed by atoms with E-state index in [0.29, 0.717) is 33.6 Å². The Balaban J connectivity index is 0.000000378. The van der Waals surface area contributed by atoms with E-state index in [1.807, 2.05) is 13.0 Å². The molecule has 0 fully saturated rings. The number of nitrogen functional groups attached to an aromatic ring is 1. The molecule has 0 atom stereocenters. The zero-order valence-corrected chi connectivity index (χ0v) is 24.7. The van der Waals surface area contributed by atoms with Gasteiger partial charge < -0.3 is 15.8 Å². The number of amides is 1. The van der Waals surface area contributed by atoms with E-state index in [1.54, 1.807) is 25.0 Å². The Morgan fingerprint density at radius 1 is 1.23 bits per heavy atom. The van der Waals surface area contributed by atoms with Crippen LogP contribution in [0, 0.1) is 6.92 Å². The summed E-state index contributed by atoms with van der Waals surface area (Å²) in [5, 5.41) is 9.34. The number of methoxy groups -OCH3 is 1. The third-order valence-electron chi connectivity index (χ3n) is 5.33. The van der Waals surface area contributed by atoms with Crippen LogP contribution in [0.5, 0.6) is 5.75 Å². The Morgan fingerprint density at radius 2 is 1.88 bits per heavy atom. The molecule has 19 heteroatoms. The molecule has 5 N–H and O–H groups in total. The molecular formula is C21H26ClN7O8S3. The van der Waals surface area contributed by atoms with Gasteiger partial charge in [0.25, 0.3) is 20.2 Å². The molecule has 0 spiro atoms. The molecule has 3 aromatic rings. The van der Waals surface area contributed by atoms with Crippen LogP contribution < -0.4 is 15.8 Å². The fraction of sp³-hybridized carbons (Fsp3) is 0.381. The van der Waals surface area contributed by atoms with E-state index in [0.717, 1.165) is 21.5 Å². The monoisotopic (exact) mass is 635 g/mol. The smallest absolute Gasteiger partial charge is 0.265 e. The van der Waals surface area contributed by atoms with Crippen molar-refractivity contribution in [2.75, 3.05) is 37.1 Å². The van der Waals surface area contributed by atoms with Crippen LogP contribution in [0.2, 0.25) is 5.02 Å². The molecule has 4 rings (SSSR count). The zero-order chi connectivity index (χ0) is 29.8. The first-order chi connectivity index (χ1) is 18.6. The van der Waals surface area contributed by atoms with Gasteiger partial charge in [-0.05, 0) is 18.6 Å². The second-order valence-corrected chi connectivity index (χ2v) is 12.9. The molecule has 1 aliphatic rings. The van der Waals surface area contributed by atoms with Gasteiger partial charge in [-0.2, -0.15) is 26.9 Å². The summed E-state index contributed by atoms with van der Waals surface area (Å²) >= 11 is 8.02. The third kappa shape index (κ3) is 8.24. The number of aromatic nitrogens is 5. The number of aryl methyl sites for hydroxylation is 1. The van der Waals surface area contributed by atoms with Crippen LogP contribution in [0.3, 0.4) is 0 Å². The minimum absolute atomic E-state index is 0.0585. The normalized spacial score (nSPS) is 13.2. The van der Waals surface area contributed by atoms with E-state index >= 15 is 0 Å². The number of anilines is 1. The lowest BCUT2D eigenvalue weighted by Gasteiger charge is -2.11. The highest BCUT2D eigenvalue weighted by molar-refractivity contribution is 7.99. The molecule has 15 nitrogen and oxygen atoms in total. The topological polar surface area (TPSA) is 230 Å². The first-order valence-corrected chi connectivity index (χ1v) is 15.8. The minimum atomic E-state index is -4.30. The lowest BCUT2D eigenvalue weighted by Crippen LogP contribution is -2.18. The van der Waals surface area contributed by atoms with Gasteiger partial charge in [-0.15, -0.1) is 11.8 Å². The summed E-state index contributed by atoms with van der Waals surface area (Å²) in [4.78, 5) is 25.1. The summed E-state index contributed by atoms with van der Waals surface area (Å²) in [7, 11) is -5.40. The maximum atomic E-state index is 11.9. The maximum absolute atomic E-state index is 11.9. The number of nitrogens with zero attached hydrogens (tertiary/aromatic N) is 5. The fourth-order valence-electron chi connectivity index (χ4n) is 3.50. The Labute approximate surface area is 239 Å². The average Bonchev–Trinajstić information content (AvgIpc) is 3.09. The molecular weight excluding hydrogens is 610 g/mol. The number of hydrogen-bond acceptors (Lipinski definition) is 12. The van der Waals surface area contributed by atoms with Crippen LogP contribution in [-0.2, 0) is 31.6 Å². The number of nitrogens with one attached hydrogen (secondary N) is 1. The number of carbonyl (C=O) groups is 1. The average molecular weight is 636 g/mol. The van der Waals surface area contributed by atoms with Gasteiger partial charge in [-0.25, -0.2) is 9.67 Å². The first-order valence-electron chi connectivity index (χ1n) is 11.3. The molecule has 0 aliphatic carbocycles. The van der Waals surface area contributed by atoms with Crippen molar-refractivity contribution in [2.24, 2.45) is 0 Å². The van der Waals surface area contributed by atoms with Crippen LogP contribution in [0.15, 0.2) is 16.8 Å².